The van der Waals surface area contributed by atoms with Crippen molar-refractivity contribution in [3.8, 4) is 5.75 Å². The van der Waals surface area contributed by atoms with Crippen LogP contribution >= 0.6 is 11.8 Å². The summed E-state index contributed by atoms with van der Waals surface area (Å²) in [4.78, 5) is 26.1. The molecule has 3 aromatic rings. The maximum absolute atomic E-state index is 12.7. The fraction of sp³-hybridized carbons (Fsp3) is 0.394. The van der Waals surface area contributed by atoms with Crippen molar-refractivity contribution < 1.29 is 14.7 Å². The van der Waals surface area contributed by atoms with Crippen molar-refractivity contribution in [3.63, 3.8) is 0 Å². The molecule has 0 bridgehead atoms. The number of thioether (sulfide) groups is 1. The van der Waals surface area contributed by atoms with Crippen LogP contribution in [0.15, 0.2) is 71.6 Å². The zero-order valence-corrected chi connectivity index (χ0v) is 24.4. The van der Waals surface area contributed by atoms with E-state index in [2.05, 4.69) is 46.9 Å². The summed E-state index contributed by atoms with van der Waals surface area (Å²) in [5.41, 5.74) is 4.26. The Bertz CT molecular complexity index is 1200. The minimum atomic E-state index is -0.233. The minimum Gasteiger partial charge on any atom is -0.507 e. The van der Waals surface area contributed by atoms with Crippen LogP contribution < -0.4 is 5.32 Å². The standard InChI is InChI=1S/C33H41NO3S/c1-32(2,3)28-21-27(22-29(31(28)37)33(4,5)6)38-30(36)15-11-10-14-26(35)20-23-16-18-25(19-17-23)34-24-12-8-7-9-13-24/h7-9,12-13,16-19,21-22,34,37H,10-11,14-15,20H2,1-6H3. The lowest BCUT2D eigenvalue weighted by atomic mass is 9.79. The van der Waals surface area contributed by atoms with E-state index in [0.29, 0.717) is 37.9 Å². The molecule has 0 aliphatic rings. The van der Waals surface area contributed by atoms with E-state index in [1.807, 2.05) is 66.7 Å². The fourth-order valence-corrected chi connectivity index (χ4v) is 5.16. The molecule has 202 valence electrons. The third-order valence-corrected chi connectivity index (χ3v) is 7.34. The lowest BCUT2D eigenvalue weighted by molar-refractivity contribution is -0.118. The first kappa shape index (κ1) is 29.5. The number of nitrogens with one attached hydrogen (secondary N) is 1. The van der Waals surface area contributed by atoms with E-state index in [9.17, 15) is 14.7 Å². The number of phenolic OH excluding ortho intramolecular Hbond substituents is 1. The van der Waals surface area contributed by atoms with Crippen LogP contribution in [0.4, 0.5) is 11.4 Å². The number of hydrogen-bond acceptors (Lipinski definition) is 5. The highest BCUT2D eigenvalue weighted by molar-refractivity contribution is 8.13. The molecular formula is C33H41NO3S. The van der Waals surface area contributed by atoms with Crippen LogP contribution in [0.3, 0.4) is 0 Å². The zero-order chi connectivity index (χ0) is 27.9. The molecule has 0 unspecified atom stereocenters. The maximum Gasteiger partial charge on any atom is 0.193 e. The summed E-state index contributed by atoms with van der Waals surface area (Å²) in [7, 11) is 0. The van der Waals surface area contributed by atoms with E-state index in [4.69, 9.17) is 0 Å². The molecule has 0 atom stereocenters. The van der Waals surface area contributed by atoms with Crippen LogP contribution in [-0.2, 0) is 26.8 Å². The molecule has 3 aromatic carbocycles. The molecule has 0 heterocycles. The number of hydrogen-bond donors (Lipinski definition) is 2. The number of rotatable bonds is 10. The van der Waals surface area contributed by atoms with Crippen molar-refractivity contribution >= 4 is 34.0 Å². The van der Waals surface area contributed by atoms with Crippen molar-refractivity contribution in [2.24, 2.45) is 0 Å². The second-order valence-corrected chi connectivity index (χ2v) is 13.1. The first-order valence-corrected chi connectivity index (χ1v) is 14.2. The summed E-state index contributed by atoms with van der Waals surface area (Å²) in [6, 6.07) is 21.8. The molecule has 3 rings (SSSR count). The Morgan fingerprint density at radius 2 is 1.29 bits per heavy atom. The summed E-state index contributed by atoms with van der Waals surface area (Å²) >= 11 is 1.24. The molecule has 0 saturated heterocycles. The Morgan fingerprint density at radius 1 is 0.763 bits per heavy atom. The van der Waals surface area contributed by atoms with E-state index in [0.717, 1.165) is 33.0 Å². The van der Waals surface area contributed by atoms with Gasteiger partial charge in [-0.1, -0.05) is 83.6 Å². The van der Waals surface area contributed by atoms with Crippen molar-refractivity contribution in [2.75, 3.05) is 5.32 Å². The van der Waals surface area contributed by atoms with Gasteiger partial charge < -0.3 is 10.4 Å². The van der Waals surface area contributed by atoms with Crippen molar-refractivity contribution in [3.05, 3.63) is 83.4 Å². The number of aromatic hydroxyl groups is 1. The molecule has 0 saturated carbocycles. The molecular weight excluding hydrogens is 490 g/mol. The maximum atomic E-state index is 12.7. The SMILES string of the molecule is CC(C)(C)c1cc(SC(=O)CCCCC(=O)Cc2ccc(Nc3ccccc3)cc2)cc(C(C)(C)C)c1O. The topological polar surface area (TPSA) is 66.4 Å². The normalized spacial score (nSPS) is 11.8. The minimum absolute atomic E-state index is 0.0874. The summed E-state index contributed by atoms with van der Waals surface area (Å²) in [6.07, 6.45) is 2.70. The van der Waals surface area contributed by atoms with E-state index in [1.165, 1.54) is 11.8 Å². The number of unbranched alkanes of at least 4 members (excludes halogenated alkanes) is 1. The second-order valence-electron chi connectivity index (χ2n) is 12.0. The first-order valence-electron chi connectivity index (χ1n) is 13.3. The zero-order valence-electron chi connectivity index (χ0n) is 23.6. The molecule has 0 spiro atoms. The van der Waals surface area contributed by atoms with Gasteiger partial charge in [-0.15, -0.1) is 0 Å². The van der Waals surface area contributed by atoms with Crippen LogP contribution in [0.25, 0.3) is 0 Å². The molecule has 38 heavy (non-hydrogen) atoms. The summed E-state index contributed by atoms with van der Waals surface area (Å²) < 4.78 is 0. The van der Waals surface area contributed by atoms with Gasteiger partial charge in [-0.25, -0.2) is 0 Å². The average Bonchev–Trinajstić information content (AvgIpc) is 2.83. The lowest BCUT2D eigenvalue weighted by Gasteiger charge is -2.28. The molecule has 0 radical (unpaired) electrons. The van der Waals surface area contributed by atoms with E-state index < -0.39 is 0 Å². The van der Waals surface area contributed by atoms with Gasteiger partial charge in [0, 0.05) is 46.7 Å². The van der Waals surface area contributed by atoms with Gasteiger partial charge in [-0.05, 0) is 65.6 Å². The van der Waals surface area contributed by atoms with Crippen molar-refractivity contribution in [2.45, 2.75) is 89.4 Å². The number of para-hydroxylation sites is 1. The number of carbonyl (C=O) groups is 2. The van der Waals surface area contributed by atoms with Gasteiger partial charge in [0.05, 0.1) is 0 Å². The fourth-order valence-electron chi connectivity index (χ4n) is 4.29. The third kappa shape index (κ3) is 8.76. The van der Waals surface area contributed by atoms with Gasteiger partial charge in [-0.2, -0.15) is 0 Å². The first-order chi connectivity index (χ1) is 17.8. The van der Waals surface area contributed by atoms with Crippen molar-refractivity contribution in [1.29, 1.82) is 0 Å². The predicted molar refractivity (Wildman–Crippen MR) is 160 cm³/mol. The molecule has 0 aliphatic carbocycles. The largest absolute Gasteiger partial charge is 0.507 e. The van der Waals surface area contributed by atoms with Crippen LogP contribution in [0.2, 0.25) is 0 Å². The monoisotopic (exact) mass is 531 g/mol. The molecule has 2 N–H and O–H groups in total. The molecule has 4 nitrogen and oxygen atoms in total. The highest BCUT2D eigenvalue weighted by Gasteiger charge is 2.27. The van der Waals surface area contributed by atoms with Crippen molar-refractivity contribution in [1.82, 2.24) is 0 Å². The Balaban J connectivity index is 1.47. The highest BCUT2D eigenvalue weighted by Crippen LogP contribution is 2.42. The number of ketones is 1. The van der Waals surface area contributed by atoms with Gasteiger partial charge in [0.2, 0.25) is 0 Å². The van der Waals surface area contributed by atoms with Gasteiger partial charge in [0.1, 0.15) is 11.5 Å². The Hall–Kier alpha value is -3.05. The summed E-state index contributed by atoms with van der Waals surface area (Å²) in [5, 5.41) is 14.3. The van der Waals surface area contributed by atoms with Gasteiger partial charge in [0.15, 0.2) is 5.12 Å². The number of benzene rings is 3. The molecule has 0 amide bonds. The molecule has 0 aliphatic heterocycles. The Labute approximate surface area is 232 Å². The summed E-state index contributed by atoms with van der Waals surface area (Å²) in [6.45, 7) is 12.4. The van der Waals surface area contributed by atoms with E-state index in [1.54, 1.807) is 0 Å². The van der Waals surface area contributed by atoms with Gasteiger partial charge >= 0.3 is 0 Å². The molecule has 0 aromatic heterocycles. The lowest BCUT2D eigenvalue weighted by Crippen LogP contribution is -2.17. The third-order valence-electron chi connectivity index (χ3n) is 6.44. The highest BCUT2D eigenvalue weighted by atomic mass is 32.2. The molecule has 5 heteroatoms. The smallest absolute Gasteiger partial charge is 0.193 e. The summed E-state index contributed by atoms with van der Waals surface area (Å²) in [5.74, 6) is 0.513. The average molecular weight is 532 g/mol. The number of carbonyl (C=O) groups excluding carboxylic acids is 2. The van der Waals surface area contributed by atoms with Gasteiger partial charge in [0.25, 0.3) is 0 Å². The second kappa shape index (κ2) is 12.7. The van der Waals surface area contributed by atoms with E-state index >= 15 is 0 Å². The number of anilines is 2. The molecule has 0 fully saturated rings. The van der Waals surface area contributed by atoms with E-state index in [-0.39, 0.29) is 21.7 Å². The van der Waals surface area contributed by atoms with Crippen LogP contribution in [-0.4, -0.2) is 16.0 Å². The number of Topliss-reactive ketones (excluding diaryl/α,β-unsaturated/α-hetero) is 1. The van der Waals surface area contributed by atoms with Crippen LogP contribution in [0.5, 0.6) is 5.75 Å². The Morgan fingerprint density at radius 3 is 1.84 bits per heavy atom. The van der Waals surface area contributed by atoms with Crippen LogP contribution in [0.1, 0.15) is 83.9 Å². The Kier molecular flexibility index (Phi) is 9.83. The number of phenols is 1. The van der Waals surface area contributed by atoms with Crippen LogP contribution in [0, 0.1) is 0 Å². The quantitative estimate of drug-likeness (QED) is 0.202. The van der Waals surface area contributed by atoms with Gasteiger partial charge in [-0.3, -0.25) is 9.59 Å². The predicted octanol–water partition coefficient (Wildman–Crippen LogP) is 8.72.